The zero-order chi connectivity index (χ0) is 40.2. The summed E-state index contributed by atoms with van der Waals surface area (Å²) >= 11 is 2.88. The van der Waals surface area contributed by atoms with E-state index in [0.717, 1.165) is 32.1 Å². The van der Waals surface area contributed by atoms with Crippen LogP contribution in [0.4, 0.5) is 0 Å². The highest BCUT2D eigenvalue weighted by atomic mass is 32.2. The normalized spacial score (nSPS) is 23.9. The van der Waals surface area contributed by atoms with E-state index in [1.165, 1.54) is 37.6 Å². The molecule has 0 aromatic heterocycles. The number of ether oxygens (including phenoxy) is 2. The lowest BCUT2D eigenvalue weighted by Gasteiger charge is -2.42. The van der Waals surface area contributed by atoms with Crippen molar-refractivity contribution in [3.63, 3.8) is 0 Å². The third-order valence-corrected chi connectivity index (χ3v) is 10.8. The molecule has 0 aromatic rings. The third-order valence-electron chi connectivity index (χ3n) is 9.48. The van der Waals surface area contributed by atoms with Crippen molar-refractivity contribution in [2.45, 2.75) is 126 Å². The van der Waals surface area contributed by atoms with Gasteiger partial charge in [0.15, 0.2) is 12.2 Å². The Kier molecular flexibility index (Phi) is 22.2. The van der Waals surface area contributed by atoms with Gasteiger partial charge in [-0.2, -0.15) is 23.5 Å². The van der Waals surface area contributed by atoms with Crippen LogP contribution in [0, 0.1) is 5.92 Å². The first-order chi connectivity index (χ1) is 25.8. The molecule has 5 amide bonds. The van der Waals surface area contributed by atoms with Crippen LogP contribution < -0.4 is 38.1 Å². The fraction of sp³-hybridized carbons (Fsp3) is 0.824. The Morgan fingerprint density at radius 1 is 0.815 bits per heavy atom. The van der Waals surface area contributed by atoms with Crippen LogP contribution >= 0.6 is 23.5 Å². The molecule has 1 heterocycles. The Morgan fingerprint density at radius 2 is 1.35 bits per heavy atom. The fourth-order valence-corrected chi connectivity index (χ4v) is 7.49. The Balaban J connectivity index is 2.28. The predicted octanol–water partition coefficient (Wildman–Crippen LogP) is -1.95. The number of carbonyl (C=O) groups is 5. The van der Waals surface area contributed by atoms with Crippen molar-refractivity contribution in [2.24, 2.45) is 22.4 Å². The minimum Gasteiger partial charge on any atom is -0.394 e. The highest BCUT2D eigenvalue weighted by molar-refractivity contribution is 7.98. The number of amides is 5. The van der Waals surface area contributed by atoms with Gasteiger partial charge < -0.3 is 62.8 Å². The summed E-state index contributed by atoms with van der Waals surface area (Å²) in [6.45, 7) is 0.911. The number of nitrogens with zero attached hydrogens (tertiary/aromatic N) is 1. The number of aliphatic imine (C=N–C) groups is 1. The summed E-state index contributed by atoms with van der Waals surface area (Å²) in [4.78, 5) is 71.0. The van der Waals surface area contributed by atoms with Crippen LogP contribution in [0.1, 0.15) is 71.1 Å². The monoisotopic (exact) mass is 806 g/mol. The maximum absolute atomic E-state index is 13.9. The van der Waals surface area contributed by atoms with Crippen molar-refractivity contribution >= 4 is 59.0 Å². The molecule has 2 fully saturated rings. The number of aliphatic hydroxyl groups excluding tert-OH is 3. The second kappa shape index (κ2) is 25.3. The highest BCUT2D eigenvalue weighted by Gasteiger charge is 2.46. The first kappa shape index (κ1) is 47.3. The number of hydrogen-bond donors (Lipinski definition) is 10. The Morgan fingerprint density at radius 3 is 1.85 bits per heavy atom. The molecule has 1 aliphatic heterocycles. The summed E-state index contributed by atoms with van der Waals surface area (Å²) in [6.07, 6.45) is 4.62. The maximum Gasteiger partial charge on any atom is 0.243 e. The van der Waals surface area contributed by atoms with Gasteiger partial charge in [-0.25, -0.2) is 0 Å². The van der Waals surface area contributed by atoms with Gasteiger partial charge in [0.1, 0.15) is 42.5 Å². The molecule has 2 rings (SSSR count). The molecule has 0 spiro atoms. The average Bonchev–Trinajstić information content (AvgIpc) is 3.14. The summed E-state index contributed by atoms with van der Waals surface area (Å²) in [6, 6.07) is -5.51. The van der Waals surface area contributed by atoms with E-state index in [1.807, 2.05) is 12.5 Å². The zero-order valence-corrected chi connectivity index (χ0v) is 33.4. The van der Waals surface area contributed by atoms with Crippen molar-refractivity contribution in [1.29, 1.82) is 0 Å². The number of nitrogens with two attached hydrogens (primary N) is 2. The van der Waals surface area contributed by atoms with Crippen LogP contribution in [0.25, 0.3) is 0 Å². The molecule has 54 heavy (non-hydrogen) atoms. The molecular formula is C34H62N8O10S2. The van der Waals surface area contributed by atoms with Crippen LogP contribution in [0.2, 0.25) is 0 Å². The van der Waals surface area contributed by atoms with Crippen LogP contribution in [-0.2, 0) is 33.4 Å². The standard InChI is InChI=1S/C34H62N8O10S2/c1-19(44)38-24(17-20-9-6-5-7-10-20)32(50)39-21(11-8-14-37-34(35)36)29(47)40-22(12-15-53-3)30(48)41-23(13-16-54-4)31(49)42-26-27(45)25(18-43)52-33(51-2)28(26)46/h20-28,33,43,45-46H,5-18H2,1-4H3,(H,38,44)(H,39,50)(H,40,47)(H,41,48)(H,42,49)(H4,35,36,37)/t21-,22-,23-,24-,25+,26-,27+,28+,33+/m0/s1. The van der Waals surface area contributed by atoms with Crippen LogP contribution in [0.3, 0.4) is 0 Å². The minimum atomic E-state index is -1.49. The van der Waals surface area contributed by atoms with Crippen LogP contribution in [0.5, 0.6) is 0 Å². The van der Waals surface area contributed by atoms with E-state index >= 15 is 0 Å². The number of rotatable bonds is 23. The number of nitrogens with one attached hydrogen (secondary N) is 5. The second-order valence-electron chi connectivity index (χ2n) is 13.7. The SMILES string of the molecule is CO[C@@H]1O[C@H](CO)[C@@H](O)[C@H](NC(=O)[C@H](CCSC)NC(=O)[C@H](CCSC)NC(=O)[C@H](CCCN=C(N)N)NC(=O)[C@H](CC2CCCCC2)NC(C)=O)[C@H]1O. The van der Waals surface area contributed by atoms with E-state index in [1.54, 1.807) is 0 Å². The molecule has 2 aliphatic rings. The number of methoxy groups -OCH3 is 1. The highest BCUT2D eigenvalue weighted by Crippen LogP contribution is 2.27. The van der Waals surface area contributed by atoms with Crippen LogP contribution in [-0.4, -0.2) is 150 Å². The summed E-state index contributed by atoms with van der Waals surface area (Å²) in [5, 5.41) is 44.7. The van der Waals surface area contributed by atoms with Crippen molar-refractivity contribution in [3.05, 3.63) is 0 Å². The number of carbonyl (C=O) groups excluding carboxylic acids is 5. The average molecular weight is 807 g/mol. The molecule has 18 nitrogen and oxygen atoms in total. The summed E-state index contributed by atoms with van der Waals surface area (Å²) < 4.78 is 10.5. The van der Waals surface area contributed by atoms with E-state index < -0.39 is 85.0 Å². The van der Waals surface area contributed by atoms with Crippen molar-refractivity contribution in [2.75, 3.05) is 44.3 Å². The Labute approximate surface area is 326 Å². The molecule has 20 heteroatoms. The zero-order valence-electron chi connectivity index (χ0n) is 31.8. The summed E-state index contributed by atoms with van der Waals surface area (Å²) in [7, 11) is 1.27. The van der Waals surface area contributed by atoms with E-state index in [0.29, 0.717) is 24.3 Å². The molecular weight excluding hydrogens is 745 g/mol. The van der Waals surface area contributed by atoms with Gasteiger partial charge in [-0.05, 0) is 62.0 Å². The second-order valence-corrected chi connectivity index (χ2v) is 15.6. The fourth-order valence-electron chi connectivity index (χ4n) is 6.55. The molecule has 12 N–H and O–H groups in total. The van der Waals surface area contributed by atoms with Gasteiger partial charge in [0, 0.05) is 20.6 Å². The quantitative estimate of drug-likeness (QED) is 0.0305. The predicted molar refractivity (Wildman–Crippen MR) is 207 cm³/mol. The number of thioether (sulfide) groups is 2. The Hall–Kier alpha value is -2.88. The van der Waals surface area contributed by atoms with Gasteiger partial charge in [0.05, 0.1) is 12.6 Å². The lowest BCUT2D eigenvalue weighted by Crippen LogP contribution is -2.66. The van der Waals surface area contributed by atoms with Crippen LogP contribution in [0.15, 0.2) is 4.99 Å². The first-order valence-electron chi connectivity index (χ1n) is 18.4. The molecule has 1 saturated heterocycles. The molecule has 0 unspecified atom stereocenters. The van der Waals surface area contributed by atoms with E-state index in [-0.39, 0.29) is 43.6 Å². The van der Waals surface area contributed by atoms with E-state index in [9.17, 15) is 39.3 Å². The van der Waals surface area contributed by atoms with Gasteiger partial charge in [-0.15, -0.1) is 0 Å². The van der Waals surface area contributed by atoms with Gasteiger partial charge in [0.25, 0.3) is 0 Å². The maximum atomic E-state index is 13.9. The number of hydrogen-bond acceptors (Lipinski definition) is 13. The largest absolute Gasteiger partial charge is 0.394 e. The number of guanidine groups is 1. The molecule has 1 aliphatic carbocycles. The van der Waals surface area contributed by atoms with Crippen molar-refractivity contribution in [3.8, 4) is 0 Å². The summed E-state index contributed by atoms with van der Waals surface area (Å²) in [5.74, 6) is -1.86. The van der Waals surface area contributed by atoms with Gasteiger partial charge >= 0.3 is 0 Å². The summed E-state index contributed by atoms with van der Waals surface area (Å²) in [5.41, 5.74) is 10.9. The van der Waals surface area contributed by atoms with E-state index in [4.69, 9.17) is 20.9 Å². The third kappa shape index (κ3) is 16.1. The topological polar surface area (TPSA) is 289 Å². The van der Waals surface area contributed by atoms with Gasteiger partial charge in [-0.1, -0.05) is 32.1 Å². The van der Waals surface area contributed by atoms with Crippen molar-refractivity contribution in [1.82, 2.24) is 26.6 Å². The molecule has 310 valence electrons. The Bertz CT molecular complexity index is 1210. The number of aliphatic hydroxyl groups is 3. The first-order valence-corrected chi connectivity index (χ1v) is 21.2. The molecule has 0 aromatic carbocycles. The van der Waals surface area contributed by atoms with Gasteiger partial charge in [-0.3, -0.25) is 29.0 Å². The molecule has 1 saturated carbocycles. The van der Waals surface area contributed by atoms with Crippen molar-refractivity contribution < 1.29 is 48.8 Å². The lowest BCUT2D eigenvalue weighted by atomic mass is 9.84. The smallest absolute Gasteiger partial charge is 0.243 e. The molecule has 0 radical (unpaired) electrons. The van der Waals surface area contributed by atoms with E-state index in [2.05, 4.69) is 31.6 Å². The lowest BCUT2D eigenvalue weighted by molar-refractivity contribution is -0.271. The molecule has 0 bridgehead atoms. The minimum absolute atomic E-state index is 0.118. The van der Waals surface area contributed by atoms with Gasteiger partial charge in [0.2, 0.25) is 29.5 Å². The molecule has 9 atom stereocenters.